The molecule has 1 aliphatic heterocycles. The Hall–Kier alpha value is -2.80. The van der Waals surface area contributed by atoms with Gasteiger partial charge in [0.25, 0.3) is 0 Å². The van der Waals surface area contributed by atoms with Gasteiger partial charge in [-0.15, -0.1) is 0 Å². The predicted molar refractivity (Wildman–Crippen MR) is 103 cm³/mol. The molecule has 2 aromatic carbocycles. The summed E-state index contributed by atoms with van der Waals surface area (Å²) in [5, 5.41) is 3.99. The fraction of sp³-hybridized carbons (Fsp3) is 0.333. The third-order valence-corrected chi connectivity index (χ3v) is 5.04. The lowest BCUT2D eigenvalue weighted by Crippen LogP contribution is -2.30. The van der Waals surface area contributed by atoms with Crippen LogP contribution >= 0.6 is 0 Å². The van der Waals surface area contributed by atoms with Crippen molar-refractivity contribution < 1.29 is 13.3 Å². The molecule has 3 aromatic rings. The zero-order valence-electron chi connectivity index (χ0n) is 15.7. The maximum absolute atomic E-state index is 13.8. The van der Waals surface area contributed by atoms with Gasteiger partial charge in [0.2, 0.25) is 11.7 Å². The largest absolute Gasteiger partial charge is 0.370 e. The van der Waals surface area contributed by atoms with Crippen LogP contribution in [-0.4, -0.2) is 41.2 Å². The number of aromatic nitrogens is 2. The summed E-state index contributed by atoms with van der Waals surface area (Å²) >= 11 is 0. The third kappa shape index (κ3) is 4.20. The van der Waals surface area contributed by atoms with Crippen LogP contribution in [0, 0.1) is 18.6 Å². The summed E-state index contributed by atoms with van der Waals surface area (Å²) in [6.07, 6.45) is 0.988. The maximum atomic E-state index is 13.8. The van der Waals surface area contributed by atoms with Crippen molar-refractivity contribution in [1.29, 1.82) is 0 Å². The van der Waals surface area contributed by atoms with Crippen LogP contribution in [-0.2, 0) is 6.54 Å². The summed E-state index contributed by atoms with van der Waals surface area (Å²) < 4.78 is 32.3. The van der Waals surface area contributed by atoms with E-state index in [2.05, 4.69) is 19.9 Å². The lowest BCUT2D eigenvalue weighted by atomic mass is 10.1. The molecule has 0 unspecified atom stereocenters. The van der Waals surface area contributed by atoms with Gasteiger partial charge in [-0.2, -0.15) is 4.98 Å². The van der Waals surface area contributed by atoms with E-state index in [4.69, 9.17) is 4.52 Å². The molecule has 1 saturated heterocycles. The normalized spacial score (nSPS) is 15.6. The quantitative estimate of drug-likeness (QED) is 0.679. The zero-order chi connectivity index (χ0) is 19.5. The highest BCUT2D eigenvalue weighted by Gasteiger charge is 2.18. The fourth-order valence-corrected chi connectivity index (χ4v) is 3.40. The first kappa shape index (κ1) is 18.6. The molecule has 0 radical (unpaired) electrons. The molecule has 0 N–H and O–H groups in total. The molecule has 0 aliphatic carbocycles. The van der Waals surface area contributed by atoms with Crippen LogP contribution in [0.5, 0.6) is 0 Å². The average molecular weight is 384 g/mol. The fourth-order valence-electron chi connectivity index (χ4n) is 3.40. The number of halogens is 2. The summed E-state index contributed by atoms with van der Waals surface area (Å²) in [5.74, 6) is 0.418. The Balaban J connectivity index is 1.39. The van der Waals surface area contributed by atoms with Gasteiger partial charge in [-0.25, -0.2) is 8.78 Å². The molecule has 0 bridgehead atoms. The monoisotopic (exact) mass is 384 g/mol. The minimum atomic E-state index is -0.280. The molecule has 1 aliphatic rings. The van der Waals surface area contributed by atoms with Crippen LogP contribution in [0.25, 0.3) is 11.4 Å². The smallest absolute Gasteiger partial charge is 0.241 e. The summed E-state index contributed by atoms with van der Waals surface area (Å²) in [4.78, 5) is 8.94. The van der Waals surface area contributed by atoms with Gasteiger partial charge in [-0.3, -0.25) is 4.90 Å². The molecule has 4 rings (SSSR count). The van der Waals surface area contributed by atoms with Crippen LogP contribution in [0.15, 0.2) is 47.0 Å². The summed E-state index contributed by atoms with van der Waals surface area (Å²) in [6.45, 7) is 5.78. The number of rotatable bonds is 4. The van der Waals surface area contributed by atoms with E-state index in [0.29, 0.717) is 29.4 Å². The number of aryl methyl sites for hydroxylation is 1. The molecule has 7 heteroatoms. The molecule has 1 aromatic heterocycles. The maximum Gasteiger partial charge on any atom is 0.241 e. The Morgan fingerprint density at radius 2 is 1.82 bits per heavy atom. The standard InChI is InChI=1S/C21H22F2N4O/c1-15-3-4-16(13-19(15)23)21-24-20(28-25-21)14-26-9-2-10-27(12-11-26)18-7-5-17(22)6-8-18/h3-8,13H,2,9-12,14H2,1H3. The molecule has 146 valence electrons. The number of hydrogen-bond acceptors (Lipinski definition) is 5. The van der Waals surface area contributed by atoms with Gasteiger partial charge in [-0.1, -0.05) is 17.3 Å². The van der Waals surface area contributed by atoms with Gasteiger partial charge >= 0.3 is 0 Å². The zero-order valence-corrected chi connectivity index (χ0v) is 15.7. The van der Waals surface area contributed by atoms with E-state index >= 15 is 0 Å². The first-order chi connectivity index (χ1) is 13.6. The lowest BCUT2D eigenvalue weighted by molar-refractivity contribution is 0.239. The Morgan fingerprint density at radius 3 is 2.61 bits per heavy atom. The second-order valence-electron chi connectivity index (χ2n) is 7.07. The summed E-state index contributed by atoms with van der Waals surface area (Å²) in [7, 11) is 0. The molecular weight excluding hydrogens is 362 g/mol. The van der Waals surface area contributed by atoms with E-state index < -0.39 is 0 Å². The van der Waals surface area contributed by atoms with Crippen molar-refractivity contribution in [2.24, 2.45) is 0 Å². The van der Waals surface area contributed by atoms with Gasteiger partial charge in [0.05, 0.1) is 6.54 Å². The van der Waals surface area contributed by atoms with Crippen molar-refractivity contribution in [1.82, 2.24) is 15.0 Å². The van der Waals surface area contributed by atoms with Crippen LogP contribution in [0.1, 0.15) is 17.9 Å². The minimum Gasteiger partial charge on any atom is -0.370 e. The van der Waals surface area contributed by atoms with Crippen molar-refractivity contribution in [3.8, 4) is 11.4 Å². The molecule has 5 nitrogen and oxygen atoms in total. The average Bonchev–Trinajstić information content (AvgIpc) is 3.03. The van der Waals surface area contributed by atoms with Crippen molar-refractivity contribution in [3.05, 3.63) is 65.6 Å². The first-order valence-corrected chi connectivity index (χ1v) is 9.40. The van der Waals surface area contributed by atoms with Gasteiger partial charge in [-0.05, 0) is 49.2 Å². The molecule has 28 heavy (non-hydrogen) atoms. The lowest BCUT2D eigenvalue weighted by Gasteiger charge is -2.23. The van der Waals surface area contributed by atoms with E-state index in [1.165, 1.54) is 18.2 Å². The third-order valence-electron chi connectivity index (χ3n) is 5.04. The number of nitrogens with zero attached hydrogens (tertiary/aromatic N) is 4. The second kappa shape index (κ2) is 8.06. The molecule has 0 spiro atoms. The highest BCUT2D eigenvalue weighted by molar-refractivity contribution is 5.54. The minimum absolute atomic E-state index is 0.221. The van der Waals surface area contributed by atoms with Crippen molar-refractivity contribution in [2.45, 2.75) is 19.9 Å². The van der Waals surface area contributed by atoms with E-state index in [9.17, 15) is 8.78 Å². The van der Waals surface area contributed by atoms with Crippen LogP contribution in [0.3, 0.4) is 0 Å². The Bertz CT molecular complexity index is 942. The SMILES string of the molecule is Cc1ccc(-c2noc(CN3CCCN(c4ccc(F)cc4)CC3)n2)cc1F. The van der Waals surface area contributed by atoms with Crippen LogP contribution in [0.2, 0.25) is 0 Å². The Kier molecular flexibility index (Phi) is 5.34. The van der Waals surface area contributed by atoms with Crippen molar-refractivity contribution in [2.75, 3.05) is 31.1 Å². The number of benzene rings is 2. The van der Waals surface area contributed by atoms with Gasteiger partial charge in [0.1, 0.15) is 11.6 Å². The highest BCUT2D eigenvalue weighted by atomic mass is 19.1. The molecule has 1 fully saturated rings. The molecular formula is C21H22F2N4O. The van der Waals surface area contributed by atoms with Crippen molar-refractivity contribution >= 4 is 5.69 Å². The van der Waals surface area contributed by atoms with Gasteiger partial charge < -0.3 is 9.42 Å². The molecule has 0 amide bonds. The number of hydrogen-bond donors (Lipinski definition) is 0. The summed E-state index contributed by atoms with van der Waals surface area (Å²) in [6, 6.07) is 11.5. The van der Waals surface area contributed by atoms with E-state index in [-0.39, 0.29) is 11.6 Å². The van der Waals surface area contributed by atoms with E-state index in [0.717, 1.165) is 38.3 Å². The van der Waals surface area contributed by atoms with Crippen molar-refractivity contribution in [3.63, 3.8) is 0 Å². The Morgan fingerprint density at radius 1 is 1.00 bits per heavy atom. The highest BCUT2D eigenvalue weighted by Crippen LogP contribution is 2.21. The first-order valence-electron chi connectivity index (χ1n) is 9.40. The molecule has 0 saturated carbocycles. The van der Waals surface area contributed by atoms with Gasteiger partial charge in [0, 0.05) is 37.4 Å². The van der Waals surface area contributed by atoms with E-state index in [1.54, 1.807) is 19.1 Å². The van der Waals surface area contributed by atoms with Gasteiger partial charge in [0.15, 0.2) is 0 Å². The van der Waals surface area contributed by atoms with E-state index in [1.807, 2.05) is 12.1 Å². The predicted octanol–water partition coefficient (Wildman–Crippen LogP) is 4.04. The number of anilines is 1. The topological polar surface area (TPSA) is 45.4 Å². The van der Waals surface area contributed by atoms with Crippen LogP contribution in [0.4, 0.5) is 14.5 Å². The second-order valence-corrected chi connectivity index (χ2v) is 7.07. The van der Waals surface area contributed by atoms with Crippen LogP contribution < -0.4 is 4.90 Å². The Labute approximate surface area is 162 Å². The molecule has 0 atom stereocenters. The summed E-state index contributed by atoms with van der Waals surface area (Å²) in [5.41, 5.74) is 2.23. The molecule has 2 heterocycles.